The highest BCUT2D eigenvalue weighted by Gasteiger charge is 2.12. The van der Waals surface area contributed by atoms with Crippen molar-refractivity contribution in [3.63, 3.8) is 0 Å². The number of sulfone groups is 1. The van der Waals surface area contributed by atoms with Crippen LogP contribution in [0.1, 0.15) is 13.8 Å². The molecule has 0 aliphatic heterocycles. The van der Waals surface area contributed by atoms with E-state index in [0.717, 1.165) is 28.3 Å². The summed E-state index contributed by atoms with van der Waals surface area (Å²) in [6, 6.07) is 8.48. The molecule has 0 aliphatic carbocycles. The van der Waals surface area contributed by atoms with Gasteiger partial charge in [0, 0.05) is 24.6 Å². The van der Waals surface area contributed by atoms with Crippen LogP contribution in [0, 0.1) is 5.92 Å². The zero-order valence-corrected chi connectivity index (χ0v) is 17.1. The number of rotatable bonds is 6. The lowest BCUT2D eigenvalue weighted by atomic mass is 10.2. The van der Waals surface area contributed by atoms with E-state index in [1.807, 2.05) is 6.07 Å². The average Bonchev–Trinajstić information content (AvgIpc) is 2.94. The van der Waals surface area contributed by atoms with E-state index >= 15 is 0 Å². The van der Waals surface area contributed by atoms with Crippen molar-refractivity contribution in [3.05, 3.63) is 41.0 Å². The Bertz CT molecular complexity index is 1030. The van der Waals surface area contributed by atoms with E-state index in [9.17, 15) is 8.42 Å². The van der Waals surface area contributed by atoms with Crippen molar-refractivity contribution in [1.82, 2.24) is 14.6 Å². The minimum atomic E-state index is -3.22. The van der Waals surface area contributed by atoms with Crippen LogP contribution in [-0.4, -0.2) is 35.8 Å². The lowest BCUT2D eigenvalue weighted by Gasteiger charge is -2.13. The summed E-state index contributed by atoms with van der Waals surface area (Å²) < 4.78 is 25.7. The molecule has 0 bridgehead atoms. The summed E-state index contributed by atoms with van der Waals surface area (Å²) in [6.07, 6.45) is 2.88. The summed E-state index contributed by atoms with van der Waals surface area (Å²) in [6.45, 7) is 5.06. The lowest BCUT2D eigenvalue weighted by Crippen LogP contribution is -2.11. The molecular weight excluding hydrogens is 418 g/mol. The number of benzene rings is 1. The molecule has 0 aliphatic rings. The molecule has 0 atom stereocenters. The highest BCUT2D eigenvalue weighted by Crippen LogP contribution is 2.25. The fraction of sp³-hybridized carbons (Fsp3) is 0.294. The van der Waals surface area contributed by atoms with Crippen LogP contribution in [0.2, 0.25) is 0 Å². The Balaban J connectivity index is 1.95. The number of fused-ring (bicyclic) bond motifs is 1. The molecule has 0 fully saturated rings. The van der Waals surface area contributed by atoms with Crippen LogP contribution in [0.5, 0.6) is 0 Å². The van der Waals surface area contributed by atoms with Crippen molar-refractivity contribution in [2.75, 3.05) is 23.4 Å². The molecule has 26 heavy (non-hydrogen) atoms. The second-order valence-electron chi connectivity index (χ2n) is 6.45. The SMILES string of the molecule is CC(C)CNc1cc(Nc2ccc(S(C)(=O)=O)cc2)n2ncc(Br)c2n1. The van der Waals surface area contributed by atoms with Gasteiger partial charge in [-0.2, -0.15) is 9.61 Å². The van der Waals surface area contributed by atoms with Crippen molar-refractivity contribution in [2.45, 2.75) is 18.7 Å². The normalized spacial score (nSPS) is 11.9. The van der Waals surface area contributed by atoms with Gasteiger partial charge in [0.1, 0.15) is 11.6 Å². The molecule has 3 aromatic rings. The summed E-state index contributed by atoms with van der Waals surface area (Å²) in [4.78, 5) is 4.86. The van der Waals surface area contributed by atoms with Gasteiger partial charge in [-0.1, -0.05) is 13.8 Å². The van der Waals surface area contributed by atoms with Gasteiger partial charge in [0.2, 0.25) is 0 Å². The van der Waals surface area contributed by atoms with Gasteiger partial charge in [0.05, 0.1) is 15.6 Å². The topological polar surface area (TPSA) is 88.4 Å². The number of nitrogens with one attached hydrogen (secondary N) is 2. The molecule has 1 aromatic carbocycles. The summed E-state index contributed by atoms with van der Waals surface area (Å²) in [7, 11) is -3.22. The molecule has 0 saturated heterocycles. The van der Waals surface area contributed by atoms with Crippen LogP contribution < -0.4 is 10.6 Å². The zero-order chi connectivity index (χ0) is 18.9. The summed E-state index contributed by atoms with van der Waals surface area (Å²) in [5, 5.41) is 10.9. The lowest BCUT2D eigenvalue weighted by molar-refractivity contribution is 0.602. The van der Waals surface area contributed by atoms with E-state index in [0.29, 0.717) is 11.6 Å². The molecule has 138 valence electrons. The number of nitrogens with zero attached hydrogens (tertiary/aromatic N) is 3. The van der Waals surface area contributed by atoms with Crippen molar-refractivity contribution in [2.24, 2.45) is 5.92 Å². The predicted octanol–water partition coefficient (Wildman–Crippen LogP) is 3.71. The molecule has 2 aromatic heterocycles. The van der Waals surface area contributed by atoms with Gasteiger partial charge < -0.3 is 10.6 Å². The smallest absolute Gasteiger partial charge is 0.175 e. The van der Waals surface area contributed by atoms with Crippen LogP contribution >= 0.6 is 15.9 Å². The molecular formula is C17H20BrN5O2S. The zero-order valence-electron chi connectivity index (χ0n) is 14.7. The van der Waals surface area contributed by atoms with E-state index in [-0.39, 0.29) is 4.90 Å². The van der Waals surface area contributed by atoms with Crippen molar-refractivity contribution < 1.29 is 8.42 Å². The molecule has 0 saturated carbocycles. The van der Waals surface area contributed by atoms with Crippen LogP contribution in [-0.2, 0) is 9.84 Å². The van der Waals surface area contributed by atoms with Crippen molar-refractivity contribution in [1.29, 1.82) is 0 Å². The van der Waals surface area contributed by atoms with Gasteiger partial charge in [-0.15, -0.1) is 0 Å². The highest BCUT2D eigenvalue weighted by molar-refractivity contribution is 9.10. The second-order valence-corrected chi connectivity index (χ2v) is 9.32. The van der Waals surface area contributed by atoms with Gasteiger partial charge in [0.15, 0.2) is 15.5 Å². The van der Waals surface area contributed by atoms with Crippen molar-refractivity contribution in [3.8, 4) is 0 Å². The fourth-order valence-corrected chi connectivity index (χ4v) is 3.34. The first-order valence-corrected chi connectivity index (χ1v) is 10.8. The molecule has 2 N–H and O–H groups in total. The quantitative estimate of drug-likeness (QED) is 0.610. The van der Waals surface area contributed by atoms with Gasteiger partial charge in [-0.05, 0) is 46.1 Å². The monoisotopic (exact) mass is 437 g/mol. The minimum Gasteiger partial charge on any atom is -0.370 e. The maximum absolute atomic E-state index is 11.6. The standard InChI is InChI=1S/C17H20BrN5O2S/c1-11(2)9-19-15-8-16(23-17(22-15)14(18)10-20-23)21-12-4-6-13(7-5-12)26(3,24)25/h4-8,10-11,21H,9H2,1-3H3,(H,19,22). The third kappa shape index (κ3) is 4.16. The fourth-order valence-electron chi connectivity index (χ4n) is 2.36. The summed E-state index contributed by atoms with van der Waals surface area (Å²) in [5.74, 6) is 1.95. The Morgan fingerprint density at radius 3 is 2.54 bits per heavy atom. The van der Waals surface area contributed by atoms with Gasteiger partial charge >= 0.3 is 0 Å². The molecule has 3 rings (SSSR count). The molecule has 0 amide bonds. The molecule has 0 unspecified atom stereocenters. The van der Waals surface area contributed by atoms with E-state index in [1.165, 1.54) is 6.26 Å². The first-order valence-electron chi connectivity index (χ1n) is 8.09. The summed E-state index contributed by atoms with van der Waals surface area (Å²) >= 11 is 3.46. The van der Waals surface area contributed by atoms with Gasteiger partial charge in [-0.25, -0.2) is 13.4 Å². The van der Waals surface area contributed by atoms with Gasteiger partial charge in [-0.3, -0.25) is 0 Å². The first kappa shape index (κ1) is 18.7. The number of halogens is 1. The number of hydrogen-bond donors (Lipinski definition) is 2. The number of aromatic nitrogens is 3. The van der Waals surface area contributed by atoms with E-state index < -0.39 is 9.84 Å². The molecule has 7 nitrogen and oxygen atoms in total. The van der Waals surface area contributed by atoms with E-state index in [4.69, 9.17) is 0 Å². The number of hydrogen-bond acceptors (Lipinski definition) is 6. The van der Waals surface area contributed by atoms with Crippen LogP contribution in [0.3, 0.4) is 0 Å². The Morgan fingerprint density at radius 1 is 1.23 bits per heavy atom. The average molecular weight is 438 g/mol. The number of anilines is 3. The maximum atomic E-state index is 11.6. The van der Waals surface area contributed by atoms with Crippen LogP contribution in [0.15, 0.2) is 45.9 Å². The van der Waals surface area contributed by atoms with E-state index in [2.05, 4.69) is 50.5 Å². The Hall–Kier alpha value is -2.13. The Kier molecular flexibility index (Phi) is 5.19. The highest BCUT2D eigenvalue weighted by atomic mass is 79.9. The molecule has 0 radical (unpaired) electrons. The van der Waals surface area contributed by atoms with Crippen LogP contribution in [0.25, 0.3) is 5.65 Å². The second kappa shape index (κ2) is 7.24. The molecule has 9 heteroatoms. The Morgan fingerprint density at radius 2 is 1.92 bits per heavy atom. The predicted molar refractivity (Wildman–Crippen MR) is 107 cm³/mol. The minimum absolute atomic E-state index is 0.282. The van der Waals surface area contributed by atoms with Crippen molar-refractivity contribution >= 4 is 48.7 Å². The maximum Gasteiger partial charge on any atom is 0.175 e. The third-order valence-electron chi connectivity index (χ3n) is 3.68. The largest absolute Gasteiger partial charge is 0.370 e. The summed E-state index contributed by atoms with van der Waals surface area (Å²) in [5.41, 5.74) is 1.44. The first-order chi connectivity index (χ1) is 12.2. The Labute approximate surface area is 160 Å². The van der Waals surface area contributed by atoms with E-state index in [1.54, 1.807) is 35.0 Å². The van der Waals surface area contributed by atoms with Gasteiger partial charge in [0.25, 0.3) is 0 Å². The third-order valence-corrected chi connectivity index (χ3v) is 5.36. The molecule has 0 spiro atoms. The van der Waals surface area contributed by atoms with Crippen LogP contribution in [0.4, 0.5) is 17.3 Å². The molecule has 2 heterocycles.